The summed E-state index contributed by atoms with van der Waals surface area (Å²) in [6.07, 6.45) is 6.89. The summed E-state index contributed by atoms with van der Waals surface area (Å²) in [7, 11) is 1.97. The third-order valence-corrected chi connectivity index (χ3v) is 2.45. The monoisotopic (exact) mass is 229 g/mol. The normalized spacial score (nSPS) is 10.1. The van der Waals surface area contributed by atoms with Gasteiger partial charge >= 0.3 is 6.03 Å². The van der Waals surface area contributed by atoms with E-state index < -0.39 is 0 Å². The maximum atomic E-state index is 11.2. The van der Waals surface area contributed by atoms with Crippen LogP contribution in [0.3, 0.4) is 0 Å². The van der Waals surface area contributed by atoms with E-state index in [9.17, 15) is 4.79 Å². The lowest BCUT2D eigenvalue weighted by Gasteiger charge is -2.06. The highest BCUT2D eigenvalue weighted by Crippen LogP contribution is 1.97. The van der Waals surface area contributed by atoms with Crippen molar-refractivity contribution in [2.45, 2.75) is 45.4 Å². The number of hydrogen-bond donors (Lipinski definition) is 3. The topological polar surface area (TPSA) is 53.2 Å². The van der Waals surface area contributed by atoms with Gasteiger partial charge in [-0.25, -0.2) is 4.79 Å². The summed E-state index contributed by atoms with van der Waals surface area (Å²) in [6.45, 7) is 4.78. The standard InChI is InChI=1S/C12H27N3O/c1-3-4-10-14-12(16)15-11-8-6-5-7-9-13-2/h13H,3-11H2,1-2H3,(H2,14,15,16). The van der Waals surface area contributed by atoms with Gasteiger partial charge in [-0.15, -0.1) is 0 Å². The summed E-state index contributed by atoms with van der Waals surface area (Å²) in [6, 6.07) is -0.0244. The van der Waals surface area contributed by atoms with Crippen LogP contribution in [0.2, 0.25) is 0 Å². The molecule has 2 amide bonds. The molecule has 0 heterocycles. The van der Waals surface area contributed by atoms with Gasteiger partial charge in [0.05, 0.1) is 0 Å². The van der Waals surface area contributed by atoms with Crippen molar-refractivity contribution in [1.82, 2.24) is 16.0 Å². The molecule has 0 rings (SSSR count). The third-order valence-electron chi connectivity index (χ3n) is 2.45. The highest BCUT2D eigenvalue weighted by molar-refractivity contribution is 5.73. The molecule has 0 atom stereocenters. The fraction of sp³-hybridized carbons (Fsp3) is 0.917. The molecule has 96 valence electrons. The van der Waals surface area contributed by atoms with Crippen LogP contribution in [0.15, 0.2) is 0 Å². The number of nitrogens with one attached hydrogen (secondary N) is 3. The van der Waals surface area contributed by atoms with Gasteiger partial charge < -0.3 is 16.0 Å². The first-order valence-corrected chi connectivity index (χ1v) is 6.47. The minimum atomic E-state index is -0.0244. The van der Waals surface area contributed by atoms with Gasteiger partial charge in [0.1, 0.15) is 0 Å². The summed E-state index contributed by atoms with van der Waals surface area (Å²) in [4.78, 5) is 11.2. The second-order valence-corrected chi connectivity index (χ2v) is 4.05. The van der Waals surface area contributed by atoms with E-state index in [1.54, 1.807) is 0 Å². The molecule has 0 aliphatic carbocycles. The van der Waals surface area contributed by atoms with Crippen LogP contribution in [0.1, 0.15) is 45.4 Å². The molecular formula is C12H27N3O. The second kappa shape index (κ2) is 12.3. The number of urea groups is 1. The molecule has 0 spiro atoms. The first-order chi connectivity index (χ1) is 7.81. The van der Waals surface area contributed by atoms with Crippen molar-refractivity contribution < 1.29 is 4.79 Å². The number of carbonyl (C=O) groups is 1. The van der Waals surface area contributed by atoms with Crippen LogP contribution in [-0.4, -0.2) is 32.7 Å². The Balaban J connectivity index is 3.09. The van der Waals surface area contributed by atoms with E-state index >= 15 is 0 Å². The molecule has 0 saturated heterocycles. The number of amides is 2. The molecule has 0 aliphatic rings. The summed E-state index contributed by atoms with van der Waals surface area (Å²) < 4.78 is 0. The Morgan fingerprint density at radius 2 is 1.44 bits per heavy atom. The predicted octanol–water partition coefficient (Wildman–Crippen LogP) is 1.87. The van der Waals surface area contributed by atoms with Crippen molar-refractivity contribution in [2.24, 2.45) is 0 Å². The van der Waals surface area contributed by atoms with Crippen molar-refractivity contribution in [3.05, 3.63) is 0 Å². The van der Waals surface area contributed by atoms with Crippen LogP contribution in [-0.2, 0) is 0 Å². The zero-order chi connectivity index (χ0) is 12.1. The van der Waals surface area contributed by atoms with E-state index in [-0.39, 0.29) is 6.03 Å². The number of rotatable bonds is 10. The predicted molar refractivity (Wildman–Crippen MR) is 68.7 cm³/mol. The van der Waals surface area contributed by atoms with Gasteiger partial charge in [-0.1, -0.05) is 26.2 Å². The largest absolute Gasteiger partial charge is 0.338 e. The molecule has 0 unspecified atom stereocenters. The molecule has 0 bridgehead atoms. The van der Waals surface area contributed by atoms with E-state index in [1.807, 2.05) is 7.05 Å². The Hall–Kier alpha value is -0.770. The summed E-state index contributed by atoms with van der Waals surface area (Å²) in [5.41, 5.74) is 0. The molecule has 0 saturated carbocycles. The van der Waals surface area contributed by atoms with Crippen LogP contribution in [0.4, 0.5) is 4.79 Å². The van der Waals surface area contributed by atoms with E-state index in [2.05, 4.69) is 22.9 Å². The molecule has 0 radical (unpaired) electrons. The van der Waals surface area contributed by atoms with Gasteiger partial charge in [-0.05, 0) is 32.9 Å². The van der Waals surface area contributed by atoms with Crippen molar-refractivity contribution in [3.63, 3.8) is 0 Å². The average Bonchev–Trinajstić information content (AvgIpc) is 2.28. The minimum Gasteiger partial charge on any atom is -0.338 e. The lowest BCUT2D eigenvalue weighted by Crippen LogP contribution is -2.36. The molecule has 4 heteroatoms. The molecule has 0 aromatic rings. The van der Waals surface area contributed by atoms with Crippen LogP contribution < -0.4 is 16.0 Å². The van der Waals surface area contributed by atoms with E-state index in [1.165, 1.54) is 19.3 Å². The van der Waals surface area contributed by atoms with E-state index in [0.29, 0.717) is 0 Å². The lowest BCUT2D eigenvalue weighted by molar-refractivity contribution is 0.240. The molecule has 0 fully saturated rings. The zero-order valence-electron chi connectivity index (χ0n) is 10.8. The van der Waals surface area contributed by atoms with Gasteiger partial charge in [0.25, 0.3) is 0 Å². The highest BCUT2D eigenvalue weighted by atomic mass is 16.2. The van der Waals surface area contributed by atoms with Crippen molar-refractivity contribution >= 4 is 6.03 Å². The van der Waals surface area contributed by atoms with Crippen molar-refractivity contribution in [2.75, 3.05) is 26.7 Å². The number of carbonyl (C=O) groups excluding carboxylic acids is 1. The minimum absolute atomic E-state index is 0.0244. The lowest BCUT2D eigenvalue weighted by atomic mass is 10.2. The van der Waals surface area contributed by atoms with Crippen molar-refractivity contribution in [1.29, 1.82) is 0 Å². The maximum Gasteiger partial charge on any atom is 0.314 e. The van der Waals surface area contributed by atoms with Crippen LogP contribution in [0, 0.1) is 0 Å². The zero-order valence-corrected chi connectivity index (χ0v) is 10.8. The van der Waals surface area contributed by atoms with Gasteiger partial charge in [-0.3, -0.25) is 0 Å². The highest BCUT2D eigenvalue weighted by Gasteiger charge is 1.97. The first kappa shape index (κ1) is 15.2. The number of hydrogen-bond acceptors (Lipinski definition) is 2. The summed E-state index contributed by atoms with van der Waals surface area (Å²) >= 11 is 0. The van der Waals surface area contributed by atoms with Crippen LogP contribution >= 0.6 is 0 Å². The maximum absolute atomic E-state index is 11.2. The molecule has 4 nitrogen and oxygen atoms in total. The SMILES string of the molecule is CCCCNC(=O)NCCCCCCNC. The summed E-state index contributed by atoms with van der Waals surface area (Å²) in [5, 5.41) is 8.83. The van der Waals surface area contributed by atoms with E-state index in [0.717, 1.165) is 38.9 Å². The Morgan fingerprint density at radius 1 is 0.875 bits per heavy atom. The first-order valence-electron chi connectivity index (χ1n) is 6.47. The Bertz CT molecular complexity index is 162. The van der Waals surface area contributed by atoms with Gasteiger partial charge in [0.15, 0.2) is 0 Å². The quantitative estimate of drug-likeness (QED) is 0.501. The molecule has 0 aromatic carbocycles. The fourth-order valence-corrected chi connectivity index (χ4v) is 1.42. The molecule has 0 aromatic heterocycles. The van der Waals surface area contributed by atoms with Crippen LogP contribution in [0.5, 0.6) is 0 Å². The fourth-order valence-electron chi connectivity index (χ4n) is 1.42. The Morgan fingerprint density at radius 3 is 2.00 bits per heavy atom. The second-order valence-electron chi connectivity index (χ2n) is 4.05. The van der Waals surface area contributed by atoms with Gasteiger partial charge in [-0.2, -0.15) is 0 Å². The average molecular weight is 229 g/mol. The van der Waals surface area contributed by atoms with Gasteiger partial charge in [0.2, 0.25) is 0 Å². The smallest absolute Gasteiger partial charge is 0.314 e. The number of unbranched alkanes of at least 4 members (excludes halogenated alkanes) is 4. The van der Waals surface area contributed by atoms with E-state index in [4.69, 9.17) is 0 Å². The molecular weight excluding hydrogens is 202 g/mol. The summed E-state index contributed by atoms with van der Waals surface area (Å²) in [5.74, 6) is 0. The molecule has 3 N–H and O–H groups in total. The molecule has 0 aliphatic heterocycles. The van der Waals surface area contributed by atoms with Crippen molar-refractivity contribution in [3.8, 4) is 0 Å². The van der Waals surface area contributed by atoms with Gasteiger partial charge in [0, 0.05) is 13.1 Å². The third kappa shape index (κ3) is 11.3. The Kier molecular flexibility index (Phi) is 11.7. The Labute approximate surface area is 99.6 Å². The molecule has 16 heavy (non-hydrogen) atoms. The van der Waals surface area contributed by atoms with Crippen LogP contribution in [0.25, 0.3) is 0 Å².